The van der Waals surface area contributed by atoms with Crippen molar-refractivity contribution in [1.29, 1.82) is 0 Å². The highest BCUT2D eigenvalue weighted by Crippen LogP contribution is 2.49. The molecule has 0 aliphatic rings. The number of halogens is 1. The van der Waals surface area contributed by atoms with Gasteiger partial charge in [-0.3, -0.25) is 0 Å². The summed E-state index contributed by atoms with van der Waals surface area (Å²) in [5, 5.41) is 0. The molecule has 0 saturated carbocycles. The molecule has 90 valence electrons. The van der Waals surface area contributed by atoms with Gasteiger partial charge in [-0.1, -0.05) is 0 Å². The van der Waals surface area contributed by atoms with Crippen LogP contribution in [0.4, 0.5) is 0 Å². The Kier molecular flexibility index (Phi) is 8.64. The van der Waals surface area contributed by atoms with Crippen molar-refractivity contribution < 1.29 is 4.52 Å². The maximum atomic E-state index is 6.24. The van der Waals surface area contributed by atoms with Gasteiger partial charge in [-0.25, -0.2) is 4.67 Å². The number of hydrogen-bond acceptors (Lipinski definition) is 3. The minimum Gasteiger partial charge on any atom is -0.331 e. The van der Waals surface area contributed by atoms with Gasteiger partial charge in [0.15, 0.2) is 0 Å². The standard InChI is InChI=1S/C10H22ClN2OP/c1-9(2)13(10(3)4)15(11)14-8-6-7-12-5/h7,9-10H,6,8H2,1-5H3/b12-7+. The molecular weight excluding hydrogens is 231 g/mol. The first kappa shape index (κ1) is 15.3. The molecule has 0 rings (SSSR count). The lowest BCUT2D eigenvalue weighted by atomic mass is 10.3. The fraction of sp³-hybridized carbons (Fsp3) is 0.900. The largest absolute Gasteiger partial charge is 0.331 e. The Morgan fingerprint density at radius 3 is 2.27 bits per heavy atom. The molecular formula is C10H22ClN2OP. The molecule has 3 nitrogen and oxygen atoms in total. The fourth-order valence-corrected chi connectivity index (χ4v) is 3.71. The molecule has 15 heavy (non-hydrogen) atoms. The minimum atomic E-state index is -0.996. The number of aliphatic imine (C=N–C) groups is 1. The summed E-state index contributed by atoms with van der Waals surface area (Å²) >= 11 is 6.24. The molecule has 0 radical (unpaired) electrons. The average molecular weight is 253 g/mol. The molecule has 0 aromatic rings. The summed E-state index contributed by atoms with van der Waals surface area (Å²) < 4.78 is 7.79. The summed E-state index contributed by atoms with van der Waals surface area (Å²) in [5.74, 6) is 0. The van der Waals surface area contributed by atoms with Gasteiger partial charge in [0.25, 0.3) is 0 Å². The molecule has 0 spiro atoms. The summed E-state index contributed by atoms with van der Waals surface area (Å²) in [6.07, 6.45) is 2.67. The topological polar surface area (TPSA) is 24.8 Å². The van der Waals surface area contributed by atoms with Crippen molar-refractivity contribution in [2.24, 2.45) is 4.99 Å². The number of hydrogen-bond donors (Lipinski definition) is 0. The fourth-order valence-electron chi connectivity index (χ4n) is 1.34. The van der Waals surface area contributed by atoms with Crippen molar-refractivity contribution in [3.8, 4) is 0 Å². The van der Waals surface area contributed by atoms with Gasteiger partial charge < -0.3 is 9.52 Å². The van der Waals surface area contributed by atoms with Crippen LogP contribution in [0.15, 0.2) is 4.99 Å². The van der Waals surface area contributed by atoms with Crippen molar-refractivity contribution in [3.63, 3.8) is 0 Å². The van der Waals surface area contributed by atoms with E-state index in [4.69, 9.17) is 15.8 Å². The second-order valence-corrected chi connectivity index (χ2v) is 5.90. The summed E-state index contributed by atoms with van der Waals surface area (Å²) in [5.41, 5.74) is 0. The van der Waals surface area contributed by atoms with Crippen LogP contribution < -0.4 is 0 Å². The molecule has 0 aromatic carbocycles. The van der Waals surface area contributed by atoms with Crippen molar-refractivity contribution in [2.75, 3.05) is 13.7 Å². The minimum absolute atomic E-state index is 0.411. The van der Waals surface area contributed by atoms with Gasteiger partial charge in [0, 0.05) is 31.8 Å². The molecule has 0 heterocycles. The van der Waals surface area contributed by atoms with Crippen LogP contribution >= 0.6 is 18.9 Å². The van der Waals surface area contributed by atoms with Gasteiger partial charge in [0.1, 0.15) is 0 Å². The zero-order valence-electron chi connectivity index (χ0n) is 10.3. The van der Waals surface area contributed by atoms with Crippen molar-refractivity contribution in [1.82, 2.24) is 4.67 Å². The smallest absolute Gasteiger partial charge is 0.207 e. The highest BCUT2D eigenvalue weighted by atomic mass is 35.7. The van der Waals surface area contributed by atoms with Crippen LogP contribution in [-0.2, 0) is 4.52 Å². The molecule has 0 aliphatic heterocycles. The Morgan fingerprint density at radius 2 is 1.87 bits per heavy atom. The van der Waals surface area contributed by atoms with E-state index in [1.165, 1.54) is 0 Å². The monoisotopic (exact) mass is 252 g/mol. The van der Waals surface area contributed by atoms with Crippen LogP contribution in [0.25, 0.3) is 0 Å². The van der Waals surface area contributed by atoms with E-state index in [-0.39, 0.29) is 0 Å². The van der Waals surface area contributed by atoms with Gasteiger partial charge >= 0.3 is 0 Å². The van der Waals surface area contributed by atoms with Gasteiger partial charge in [-0.05, 0) is 38.9 Å². The molecule has 0 saturated heterocycles. The molecule has 0 fully saturated rings. The number of rotatable bonds is 7. The third-order valence-corrected chi connectivity index (χ3v) is 4.37. The van der Waals surface area contributed by atoms with Crippen LogP contribution in [0.1, 0.15) is 34.1 Å². The zero-order valence-corrected chi connectivity index (χ0v) is 11.9. The Hall–Kier alpha value is 0.310. The van der Waals surface area contributed by atoms with Crippen LogP contribution in [-0.4, -0.2) is 36.6 Å². The molecule has 1 unspecified atom stereocenters. The van der Waals surface area contributed by atoms with Gasteiger partial charge in [-0.2, -0.15) is 0 Å². The van der Waals surface area contributed by atoms with Gasteiger partial charge in [0.2, 0.25) is 7.65 Å². The van der Waals surface area contributed by atoms with Crippen LogP contribution in [0.3, 0.4) is 0 Å². The molecule has 0 aromatic heterocycles. The zero-order chi connectivity index (χ0) is 11.8. The lowest BCUT2D eigenvalue weighted by Crippen LogP contribution is -2.31. The van der Waals surface area contributed by atoms with Crippen molar-refractivity contribution in [2.45, 2.75) is 46.2 Å². The molecule has 1 atom stereocenters. The van der Waals surface area contributed by atoms with Gasteiger partial charge in [0.05, 0.1) is 6.61 Å². The Labute approximate surface area is 99.5 Å². The highest BCUT2D eigenvalue weighted by Gasteiger charge is 2.23. The van der Waals surface area contributed by atoms with E-state index in [0.29, 0.717) is 18.7 Å². The van der Waals surface area contributed by atoms with E-state index in [0.717, 1.165) is 6.42 Å². The maximum Gasteiger partial charge on any atom is 0.207 e. The first-order chi connectivity index (χ1) is 7.00. The summed E-state index contributed by atoms with van der Waals surface area (Å²) in [4.78, 5) is 3.89. The van der Waals surface area contributed by atoms with E-state index in [1.807, 2.05) is 6.21 Å². The Morgan fingerprint density at radius 1 is 1.33 bits per heavy atom. The molecule has 0 bridgehead atoms. The predicted molar refractivity (Wildman–Crippen MR) is 69.9 cm³/mol. The third kappa shape index (κ3) is 6.47. The van der Waals surface area contributed by atoms with E-state index >= 15 is 0 Å². The first-order valence-corrected chi connectivity index (χ1v) is 7.40. The maximum absolute atomic E-state index is 6.24. The van der Waals surface area contributed by atoms with E-state index < -0.39 is 7.65 Å². The normalized spacial score (nSPS) is 14.7. The van der Waals surface area contributed by atoms with Crippen molar-refractivity contribution >= 4 is 25.1 Å². The molecule has 0 amide bonds. The first-order valence-electron chi connectivity index (χ1n) is 5.28. The second-order valence-electron chi connectivity index (χ2n) is 3.86. The lowest BCUT2D eigenvalue weighted by molar-refractivity contribution is 0.267. The van der Waals surface area contributed by atoms with E-state index in [9.17, 15) is 0 Å². The average Bonchev–Trinajstić information content (AvgIpc) is 2.11. The quantitative estimate of drug-likeness (QED) is 0.392. The SMILES string of the molecule is C/N=C/CCOP(Cl)N(C(C)C)C(C)C. The lowest BCUT2D eigenvalue weighted by Gasteiger charge is -2.32. The Bertz CT molecular complexity index is 180. The van der Waals surface area contributed by atoms with Crippen LogP contribution in [0.5, 0.6) is 0 Å². The summed E-state index contributed by atoms with van der Waals surface area (Å²) in [7, 11) is 0.766. The highest BCUT2D eigenvalue weighted by molar-refractivity contribution is 7.78. The van der Waals surface area contributed by atoms with Crippen LogP contribution in [0.2, 0.25) is 0 Å². The van der Waals surface area contributed by atoms with Crippen LogP contribution in [0, 0.1) is 0 Å². The molecule has 5 heteroatoms. The molecule has 0 aliphatic carbocycles. The summed E-state index contributed by atoms with van der Waals surface area (Å²) in [6.45, 7) is 9.18. The van der Waals surface area contributed by atoms with Gasteiger partial charge in [-0.15, -0.1) is 0 Å². The van der Waals surface area contributed by atoms with Crippen molar-refractivity contribution in [3.05, 3.63) is 0 Å². The summed E-state index contributed by atoms with van der Waals surface area (Å²) in [6, 6.07) is 0.821. The van der Waals surface area contributed by atoms with E-state index in [2.05, 4.69) is 37.4 Å². The molecule has 0 N–H and O–H groups in total. The number of nitrogens with zero attached hydrogens (tertiary/aromatic N) is 2. The second kappa shape index (κ2) is 8.46. The third-order valence-electron chi connectivity index (χ3n) is 1.87. The Balaban J connectivity index is 3.97. The predicted octanol–water partition coefficient (Wildman–Crippen LogP) is 3.68. The van der Waals surface area contributed by atoms with E-state index in [1.54, 1.807) is 7.05 Å².